The second-order valence-corrected chi connectivity index (χ2v) is 15.3. The molecule has 0 spiro atoms. The van der Waals surface area contributed by atoms with Crippen LogP contribution in [-0.4, -0.2) is 12.3 Å². The van der Waals surface area contributed by atoms with Gasteiger partial charge in [-0.15, -0.1) is 0 Å². The molecule has 3 saturated carbocycles. The highest BCUT2D eigenvalue weighted by molar-refractivity contribution is 9.13. The lowest BCUT2D eigenvalue weighted by Crippen LogP contribution is -2.50. The van der Waals surface area contributed by atoms with Gasteiger partial charge in [0.25, 0.3) is 0 Å². The Hall–Kier alpha value is -0.810. The first-order valence-corrected chi connectivity index (χ1v) is 17.4. The van der Waals surface area contributed by atoms with E-state index in [1.165, 1.54) is 77.0 Å². The van der Waals surface area contributed by atoms with Gasteiger partial charge in [-0.2, -0.15) is 0 Å². The molecule has 5 heteroatoms. The Kier molecular flexibility index (Phi) is 9.58. The number of hydrogen-bond donors (Lipinski definition) is 0. The number of fused-ring (bicyclic) bond motifs is 5. The summed E-state index contributed by atoms with van der Waals surface area (Å²) in [6.45, 7) is 7.51. The molecule has 0 aromatic heterocycles. The number of carbonyl (C=O) groups excluding carboxylic acids is 1. The first-order valence-electron chi connectivity index (χ1n) is 15.8. The normalized spacial score (nSPS) is 35.4. The van der Waals surface area contributed by atoms with Gasteiger partial charge in [-0.1, -0.05) is 70.9 Å². The van der Waals surface area contributed by atoms with Gasteiger partial charge < -0.3 is 9.47 Å². The number of unbranched alkanes of at least 4 members (excludes halogenated alkanes) is 5. The fraction of sp³-hybridized carbons (Fsp3) is 0.735. The first-order chi connectivity index (χ1) is 18.7. The maximum atomic E-state index is 12.6. The molecule has 1 aromatic carbocycles. The zero-order valence-electron chi connectivity index (χ0n) is 24.3. The van der Waals surface area contributed by atoms with E-state index in [0.29, 0.717) is 11.2 Å². The summed E-state index contributed by atoms with van der Waals surface area (Å²) >= 11 is 6.92. The quantitative estimate of drug-likeness (QED) is 0.114. The topological polar surface area (TPSA) is 35.5 Å². The molecule has 0 bridgehead atoms. The summed E-state index contributed by atoms with van der Waals surface area (Å²) in [5.41, 5.74) is 2.37. The van der Waals surface area contributed by atoms with Crippen LogP contribution >= 0.6 is 31.9 Å². The highest BCUT2D eigenvalue weighted by Crippen LogP contribution is 2.66. The summed E-state index contributed by atoms with van der Waals surface area (Å²) in [6, 6.07) is 5.42. The van der Waals surface area contributed by atoms with Gasteiger partial charge in [-0.05, 0) is 136 Å². The van der Waals surface area contributed by atoms with Gasteiger partial charge in [-0.3, -0.25) is 0 Å². The molecular formula is C34H48Br2O3. The van der Waals surface area contributed by atoms with E-state index in [9.17, 15) is 4.79 Å². The van der Waals surface area contributed by atoms with Crippen molar-refractivity contribution in [1.82, 2.24) is 0 Å². The molecule has 3 nitrogen and oxygen atoms in total. The number of halogens is 2. The molecule has 0 heterocycles. The monoisotopic (exact) mass is 662 g/mol. The molecular weight excluding hydrogens is 616 g/mol. The number of carbonyl (C=O) groups is 1. The molecule has 7 atom stereocenters. The van der Waals surface area contributed by atoms with Crippen molar-refractivity contribution in [3.05, 3.63) is 38.8 Å². The summed E-state index contributed by atoms with van der Waals surface area (Å²) in [7, 11) is 0. The highest BCUT2D eigenvalue weighted by Gasteiger charge is 2.58. The van der Waals surface area contributed by atoms with Gasteiger partial charge in [0.05, 0.1) is 0 Å². The molecule has 0 saturated heterocycles. The van der Waals surface area contributed by atoms with Gasteiger partial charge in [0.2, 0.25) is 0 Å². The third-order valence-electron chi connectivity index (χ3n) is 11.5. The zero-order chi connectivity index (χ0) is 27.6. The lowest BCUT2D eigenvalue weighted by Gasteiger charge is -2.58. The second kappa shape index (κ2) is 12.6. The molecule has 4 aliphatic carbocycles. The van der Waals surface area contributed by atoms with Crippen LogP contribution in [0, 0.1) is 34.5 Å². The lowest BCUT2D eigenvalue weighted by atomic mass is 9.47. The number of ether oxygens (including phenoxy) is 2. The second-order valence-electron chi connectivity index (χ2n) is 13.5. The number of benzene rings is 1. The van der Waals surface area contributed by atoms with Crippen molar-refractivity contribution in [2.24, 2.45) is 34.5 Å². The van der Waals surface area contributed by atoms with Crippen LogP contribution in [-0.2, 0) is 4.74 Å². The van der Waals surface area contributed by atoms with Crippen LogP contribution in [0.1, 0.15) is 117 Å². The van der Waals surface area contributed by atoms with Crippen molar-refractivity contribution in [2.75, 3.05) is 0 Å². The molecule has 0 N–H and O–H groups in total. The molecule has 1 aromatic rings. The van der Waals surface area contributed by atoms with E-state index in [0.717, 1.165) is 51.9 Å². The summed E-state index contributed by atoms with van der Waals surface area (Å²) in [5.74, 6) is 3.95. The minimum atomic E-state index is -0.595. The summed E-state index contributed by atoms with van der Waals surface area (Å²) < 4.78 is 13.1. The molecule has 0 amide bonds. The van der Waals surface area contributed by atoms with Crippen LogP contribution in [0.25, 0.3) is 0 Å². The van der Waals surface area contributed by atoms with Crippen molar-refractivity contribution in [3.63, 3.8) is 0 Å². The third kappa shape index (κ3) is 6.20. The van der Waals surface area contributed by atoms with Gasteiger partial charge in [0.15, 0.2) is 0 Å². The Balaban J connectivity index is 1.17. The van der Waals surface area contributed by atoms with Crippen LogP contribution in [0.4, 0.5) is 4.79 Å². The maximum absolute atomic E-state index is 12.6. The zero-order valence-corrected chi connectivity index (χ0v) is 27.5. The van der Waals surface area contributed by atoms with Crippen LogP contribution in [0.15, 0.2) is 38.8 Å². The van der Waals surface area contributed by atoms with Crippen molar-refractivity contribution < 1.29 is 14.3 Å². The standard InChI is InChI=1S/C34H48Br2O3/c1-4-5-6-7-8-9-10-23-12-15-28-27-14-11-24-21-26(17-19-34(24,3)29(27)18-20-33(23,28)2)39-32(37)38-25-13-16-30(35)31(36)22-25/h11,13,16,22-23,26-29H,4-10,12,14-15,17-21H2,1-3H3/t23-,26+,27+,28-,29-,33-,34+/m1/s1. The van der Waals surface area contributed by atoms with Crippen LogP contribution in [0.3, 0.4) is 0 Å². The minimum Gasteiger partial charge on any atom is -0.430 e. The predicted molar refractivity (Wildman–Crippen MR) is 166 cm³/mol. The van der Waals surface area contributed by atoms with Gasteiger partial charge in [-0.25, -0.2) is 4.79 Å². The summed E-state index contributed by atoms with van der Waals surface area (Å²) in [5, 5.41) is 0. The van der Waals surface area contributed by atoms with E-state index in [1.54, 1.807) is 17.7 Å². The largest absolute Gasteiger partial charge is 0.514 e. The van der Waals surface area contributed by atoms with E-state index in [4.69, 9.17) is 9.47 Å². The molecule has 5 rings (SSSR count). The number of allylic oxidation sites excluding steroid dienone is 1. The van der Waals surface area contributed by atoms with Gasteiger partial charge in [0.1, 0.15) is 11.9 Å². The molecule has 0 unspecified atom stereocenters. The molecule has 3 fully saturated rings. The lowest BCUT2D eigenvalue weighted by molar-refractivity contribution is -0.0538. The maximum Gasteiger partial charge on any atom is 0.514 e. The summed E-state index contributed by atoms with van der Waals surface area (Å²) in [4.78, 5) is 12.6. The predicted octanol–water partition coefficient (Wildman–Crippen LogP) is 11.4. The van der Waals surface area contributed by atoms with Gasteiger partial charge in [0, 0.05) is 15.4 Å². The SMILES string of the molecule is CCCCCCCC[C@@H]1CC[C@@H]2[C@@H]3CC=C4C[C@@H](OC(=O)Oc5ccc(Br)c(Br)c5)CC[C@]4(C)[C@@H]3CC[C@]12C. The molecule has 39 heavy (non-hydrogen) atoms. The minimum absolute atomic E-state index is 0.0886. The van der Waals surface area contributed by atoms with E-state index in [1.807, 2.05) is 6.07 Å². The van der Waals surface area contributed by atoms with Crippen molar-refractivity contribution in [1.29, 1.82) is 0 Å². The fourth-order valence-electron chi connectivity index (χ4n) is 9.28. The van der Waals surface area contributed by atoms with Crippen molar-refractivity contribution >= 4 is 38.0 Å². The smallest absolute Gasteiger partial charge is 0.430 e. The third-order valence-corrected chi connectivity index (χ3v) is 13.4. The van der Waals surface area contributed by atoms with Crippen molar-refractivity contribution in [3.8, 4) is 5.75 Å². The van der Waals surface area contributed by atoms with E-state index in [2.05, 4.69) is 58.7 Å². The van der Waals surface area contributed by atoms with Crippen LogP contribution < -0.4 is 4.74 Å². The number of hydrogen-bond acceptors (Lipinski definition) is 3. The summed E-state index contributed by atoms with van der Waals surface area (Å²) in [6.07, 6.45) is 21.7. The fourth-order valence-corrected chi connectivity index (χ4v) is 9.88. The van der Waals surface area contributed by atoms with Crippen molar-refractivity contribution in [2.45, 2.75) is 123 Å². The Morgan fingerprint density at radius 1 is 0.949 bits per heavy atom. The Labute approximate surface area is 253 Å². The van der Waals surface area contributed by atoms with Crippen LogP contribution in [0.2, 0.25) is 0 Å². The molecule has 216 valence electrons. The highest BCUT2D eigenvalue weighted by atomic mass is 79.9. The van der Waals surface area contributed by atoms with E-state index < -0.39 is 6.16 Å². The molecule has 4 aliphatic rings. The van der Waals surface area contributed by atoms with Gasteiger partial charge >= 0.3 is 6.16 Å². The Bertz CT molecular complexity index is 1050. The average molecular weight is 665 g/mol. The Morgan fingerprint density at radius 3 is 2.54 bits per heavy atom. The number of rotatable bonds is 9. The van der Waals surface area contributed by atoms with E-state index in [-0.39, 0.29) is 11.5 Å². The average Bonchev–Trinajstić information content (AvgIpc) is 3.24. The first kappa shape index (κ1) is 29.7. The molecule has 0 radical (unpaired) electrons. The van der Waals surface area contributed by atoms with E-state index >= 15 is 0 Å². The van der Waals surface area contributed by atoms with Crippen LogP contribution in [0.5, 0.6) is 5.75 Å². The molecule has 0 aliphatic heterocycles. The Morgan fingerprint density at radius 2 is 1.74 bits per heavy atom.